The van der Waals surface area contributed by atoms with Crippen molar-refractivity contribution in [2.75, 3.05) is 0 Å². The third-order valence-corrected chi connectivity index (χ3v) is 5.19. The molecule has 1 heterocycles. The maximum absolute atomic E-state index is 3.77. The lowest BCUT2D eigenvalue weighted by Crippen LogP contribution is -3.00. The van der Waals surface area contributed by atoms with Crippen molar-refractivity contribution in [2.24, 2.45) is 0 Å². The van der Waals surface area contributed by atoms with Crippen LogP contribution in [0.25, 0.3) is 6.20 Å². The molecule has 0 aliphatic rings. The predicted molar refractivity (Wildman–Crippen MR) is 111 cm³/mol. The standard InChI is InChI=1S/C23H43N2.BrH/c1-3-5-6-7-8-9-10-11-12-13-14-15-16-17-18-19-20-25-22-21-24(4-2)23-25;/h4,21-23H,2-3,5-20H2,1H3;1H/q+1;/p-1. The Morgan fingerprint density at radius 1 is 0.731 bits per heavy atom. The Balaban J connectivity index is 0.00000625. The minimum Gasteiger partial charge on any atom is -1.00 e. The number of halogens is 1. The van der Waals surface area contributed by atoms with Crippen LogP contribution in [0, 0.1) is 0 Å². The maximum atomic E-state index is 3.77. The number of hydrogen-bond donors (Lipinski definition) is 0. The van der Waals surface area contributed by atoms with Gasteiger partial charge in [-0.2, -0.15) is 0 Å². The van der Waals surface area contributed by atoms with Gasteiger partial charge in [-0.25, -0.2) is 9.13 Å². The lowest BCUT2D eigenvalue weighted by Gasteiger charge is -2.03. The van der Waals surface area contributed by atoms with E-state index in [1.165, 1.54) is 103 Å². The Hall–Kier alpha value is -0.570. The molecule has 0 bridgehead atoms. The van der Waals surface area contributed by atoms with Gasteiger partial charge in [-0.05, 0) is 12.8 Å². The molecule has 0 atom stereocenters. The van der Waals surface area contributed by atoms with Gasteiger partial charge in [0, 0.05) is 0 Å². The first-order chi connectivity index (χ1) is 12.4. The van der Waals surface area contributed by atoms with Crippen LogP contribution in [0.3, 0.4) is 0 Å². The molecule has 2 nitrogen and oxygen atoms in total. The predicted octanol–water partition coefficient (Wildman–Crippen LogP) is 4.14. The van der Waals surface area contributed by atoms with Gasteiger partial charge in [-0.3, -0.25) is 0 Å². The first kappa shape index (κ1) is 25.4. The normalized spacial score (nSPS) is 10.7. The van der Waals surface area contributed by atoms with Crippen LogP contribution in [0.4, 0.5) is 0 Å². The van der Waals surface area contributed by atoms with Crippen molar-refractivity contribution < 1.29 is 21.5 Å². The number of unbranched alkanes of at least 4 members (excludes halogenated alkanes) is 15. The van der Waals surface area contributed by atoms with E-state index in [2.05, 4.69) is 36.8 Å². The SMILES string of the molecule is C=Cn1cc[n+](CCCCCCCCCCCCCCCCCC)c1.[Br-]. The van der Waals surface area contributed by atoms with Crippen LogP contribution >= 0.6 is 0 Å². The van der Waals surface area contributed by atoms with Crippen LogP contribution in [0.2, 0.25) is 0 Å². The smallest absolute Gasteiger partial charge is 0.248 e. The molecule has 0 aliphatic carbocycles. The van der Waals surface area contributed by atoms with Crippen LogP contribution in [-0.2, 0) is 6.54 Å². The minimum atomic E-state index is 0. The molecule has 0 saturated heterocycles. The van der Waals surface area contributed by atoms with E-state index in [4.69, 9.17) is 0 Å². The van der Waals surface area contributed by atoms with E-state index in [1.54, 1.807) is 0 Å². The Labute approximate surface area is 173 Å². The van der Waals surface area contributed by atoms with Gasteiger partial charge in [0.1, 0.15) is 12.4 Å². The molecule has 3 heteroatoms. The van der Waals surface area contributed by atoms with Gasteiger partial charge >= 0.3 is 0 Å². The van der Waals surface area contributed by atoms with Crippen LogP contribution in [0.1, 0.15) is 110 Å². The lowest BCUT2D eigenvalue weighted by molar-refractivity contribution is -0.696. The first-order valence-corrected chi connectivity index (χ1v) is 11.1. The van der Waals surface area contributed by atoms with Crippen molar-refractivity contribution in [2.45, 2.75) is 116 Å². The summed E-state index contributed by atoms with van der Waals surface area (Å²) in [4.78, 5) is 0. The summed E-state index contributed by atoms with van der Waals surface area (Å²) >= 11 is 0. The van der Waals surface area contributed by atoms with Gasteiger partial charge in [0.2, 0.25) is 6.33 Å². The van der Waals surface area contributed by atoms with Gasteiger partial charge < -0.3 is 17.0 Å². The molecule has 1 aromatic rings. The highest BCUT2D eigenvalue weighted by molar-refractivity contribution is 5.12. The van der Waals surface area contributed by atoms with E-state index in [1.807, 2.05) is 10.8 Å². The molecular weight excluding hydrogens is 384 g/mol. The van der Waals surface area contributed by atoms with E-state index in [-0.39, 0.29) is 17.0 Å². The van der Waals surface area contributed by atoms with Crippen molar-refractivity contribution in [3.63, 3.8) is 0 Å². The molecule has 0 spiro atoms. The van der Waals surface area contributed by atoms with Crippen LogP contribution in [0.15, 0.2) is 25.3 Å². The largest absolute Gasteiger partial charge is 1.00 e. The summed E-state index contributed by atoms with van der Waals surface area (Å²) in [5.74, 6) is 0. The molecule has 1 rings (SSSR count). The Morgan fingerprint density at radius 2 is 1.15 bits per heavy atom. The Bertz CT molecular complexity index is 414. The fraction of sp³-hybridized carbons (Fsp3) is 0.783. The zero-order chi connectivity index (χ0) is 18.0. The highest BCUT2D eigenvalue weighted by atomic mass is 79.9. The highest BCUT2D eigenvalue weighted by Gasteiger charge is 2.00. The molecule has 152 valence electrons. The summed E-state index contributed by atoms with van der Waals surface area (Å²) < 4.78 is 4.26. The van der Waals surface area contributed by atoms with Crippen molar-refractivity contribution in [1.82, 2.24) is 4.57 Å². The summed E-state index contributed by atoms with van der Waals surface area (Å²) in [5, 5.41) is 0. The second-order valence-corrected chi connectivity index (χ2v) is 7.58. The summed E-state index contributed by atoms with van der Waals surface area (Å²) in [7, 11) is 0. The van der Waals surface area contributed by atoms with E-state index >= 15 is 0 Å². The van der Waals surface area contributed by atoms with Crippen molar-refractivity contribution in [3.8, 4) is 0 Å². The zero-order valence-corrected chi connectivity index (χ0v) is 18.9. The van der Waals surface area contributed by atoms with Crippen LogP contribution in [-0.4, -0.2) is 4.57 Å². The second-order valence-electron chi connectivity index (χ2n) is 7.58. The summed E-state index contributed by atoms with van der Waals surface area (Å²) in [6.07, 6.45) is 31.0. The number of hydrogen-bond acceptors (Lipinski definition) is 0. The van der Waals surface area contributed by atoms with E-state index in [0.29, 0.717) is 0 Å². The van der Waals surface area contributed by atoms with Gasteiger partial charge in [-0.15, -0.1) is 0 Å². The lowest BCUT2D eigenvalue weighted by atomic mass is 10.0. The van der Waals surface area contributed by atoms with Crippen molar-refractivity contribution >= 4 is 6.20 Å². The molecule has 26 heavy (non-hydrogen) atoms. The number of aromatic nitrogens is 2. The third kappa shape index (κ3) is 14.6. The molecule has 0 saturated carbocycles. The summed E-state index contributed by atoms with van der Waals surface area (Å²) in [6, 6.07) is 0. The van der Waals surface area contributed by atoms with E-state index in [9.17, 15) is 0 Å². The molecule has 0 amide bonds. The molecule has 0 aliphatic heterocycles. The van der Waals surface area contributed by atoms with E-state index < -0.39 is 0 Å². The van der Waals surface area contributed by atoms with Gasteiger partial charge in [0.05, 0.1) is 12.7 Å². The molecule has 0 N–H and O–H groups in total. The summed E-state index contributed by atoms with van der Waals surface area (Å²) in [5.41, 5.74) is 0. The number of aryl methyl sites for hydroxylation is 1. The first-order valence-electron chi connectivity index (χ1n) is 11.1. The zero-order valence-electron chi connectivity index (χ0n) is 17.3. The van der Waals surface area contributed by atoms with Crippen molar-refractivity contribution in [1.29, 1.82) is 0 Å². The fourth-order valence-corrected chi connectivity index (χ4v) is 3.49. The molecule has 0 aromatic carbocycles. The average Bonchev–Trinajstić information content (AvgIpc) is 3.09. The summed E-state index contributed by atoms with van der Waals surface area (Å²) in [6.45, 7) is 7.21. The Kier molecular flexibility index (Phi) is 18.8. The molecular formula is C23H43BrN2. The van der Waals surface area contributed by atoms with E-state index in [0.717, 1.165) is 6.54 Å². The quantitative estimate of drug-likeness (QED) is 0.246. The molecule has 0 unspecified atom stereocenters. The van der Waals surface area contributed by atoms with Crippen LogP contribution < -0.4 is 21.5 Å². The number of nitrogens with zero attached hydrogens (tertiary/aromatic N) is 2. The topological polar surface area (TPSA) is 8.81 Å². The molecule has 0 radical (unpaired) electrons. The number of imidazole rings is 1. The fourth-order valence-electron chi connectivity index (χ4n) is 3.49. The third-order valence-electron chi connectivity index (χ3n) is 5.19. The maximum Gasteiger partial charge on any atom is 0.248 e. The monoisotopic (exact) mass is 426 g/mol. The molecule has 1 aromatic heterocycles. The molecule has 0 fully saturated rings. The number of rotatable bonds is 18. The van der Waals surface area contributed by atoms with Crippen molar-refractivity contribution in [3.05, 3.63) is 25.3 Å². The average molecular weight is 428 g/mol. The van der Waals surface area contributed by atoms with Gasteiger partial charge in [0.25, 0.3) is 0 Å². The minimum absolute atomic E-state index is 0. The highest BCUT2D eigenvalue weighted by Crippen LogP contribution is 2.13. The Morgan fingerprint density at radius 3 is 1.54 bits per heavy atom. The van der Waals surface area contributed by atoms with Crippen LogP contribution in [0.5, 0.6) is 0 Å². The van der Waals surface area contributed by atoms with Gasteiger partial charge in [0.15, 0.2) is 0 Å². The second kappa shape index (κ2) is 19.2. The van der Waals surface area contributed by atoms with Gasteiger partial charge in [-0.1, -0.05) is 103 Å².